The van der Waals surface area contributed by atoms with Crippen molar-refractivity contribution in [2.75, 3.05) is 19.0 Å². The maximum atomic E-state index is 12.2. The third-order valence-corrected chi connectivity index (χ3v) is 4.08. The number of rotatable bonds is 8. The number of anilines is 1. The zero-order valence-electron chi connectivity index (χ0n) is 18.7. The van der Waals surface area contributed by atoms with E-state index in [-0.39, 0.29) is 19.0 Å². The minimum absolute atomic E-state index is 0.224. The van der Waals surface area contributed by atoms with Gasteiger partial charge in [-0.15, -0.1) is 0 Å². The third-order valence-electron chi connectivity index (χ3n) is 4.08. The van der Waals surface area contributed by atoms with Crippen LogP contribution in [0, 0.1) is 0 Å². The largest absolute Gasteiger partial charge is 0.497 e. The van der Waals surface area contributed by atoms with E-state index in [2.05, 4.69) is 16.0 Å². The van der Waals surface area contributed by atoms with E-state index in [9.17, 15) is 14.4 Å². The number of amides is 3. The lowest BCUT2D eigenvalue weighted by molar-refractivity contribution is -0.116. The fourth-order valence-corrected chi connectivity index (χ4v) is 2.59. The van der Waals surface area contributed by atoms with Gasteiger partial charge in [0.15, 0.2) is 0 Å². The van der Waals surface area contributed by atoms with Gasteiger partial charge in [0.1, 0.15) is 17.9 Å². The maximum Gasteiger partial charge on any atom is 0.408 e. The van der Waals surface area contributed by atoms with Gasteiger partial charge in [-0.1, -0.05) is 30.3 Å². The van der Waals surface area contributed by atoms with Crippen LogP contribution in [0.2, 0.25) is 0 Å². The molecule has 170 valence electrons. The summed E-state index contributed by atoms with van der Waals surface area (Å²) in [6.07, 6.45) is 2.47. The average molecular weight is 440 g/mol. The predicted octanol–water partition coefficient (Wildman–Crippen LogP) is 3.49. The highest BCUT2D eigenvalue weighted by atomic mass is 16.6. The second-order valence-electron chi connectivity index (χ2n) is 7.89. The van der Waals surface area contributed by atoms with Gasteiger partial charge in [0.25, 0.3) is 0 Å². The summed E-state index contributed by atoms with van der Waals surface area (Å²) in [5.41, 5.74) is 1.49. The van der Waals surface area contributed by atoms with E-state index in [1.165, 1.54) is 6.08 Å². The van der Waals surface area contributed by atoms with E-state index in [4.69, 9.17) is 9.47 Å². The fraction of sp³-hybridized carbons (Fsp3) is 0.292. The van der Waals surface area contributed by atoms with E-state index in [1.54, 1.807) is 52.2 Å². The Labute approximate surface area is 188 Å². The van der Waals surface area contributed by atoms with Gasteiger partial charge in [0.05, 0.1) is 7.11 Å². The lowest BCUT2D eigenvalue weighted by atomic mass is 10.1. The van der Waals surface area contributed by atoms with Crippen molar-refractivity contribution >= 4 is 29.7 Å². The van der Waals surface area contributed by atoms with Crippen molar-refractivity contribution in [3.63, 3.8) is 0 Å². The SMILES string of the molecule is COc1ccc(/C=C/C(=O)NCc2ccccc2NC(=O)CNC(=O)OC(C)(C)C)cc1. The van der Waals surface area contributed by atoms with Crippen LogP contribution in [0.15, 0.2) is 54.6 Å². The number of carbonyl (C=O) groups excluding carboxylic acids is 3. The van der Waals surface area contributed by atoms with Gasteiger partial charge in [-0.25, -0.2) is 4.79 Å². The summed E-state index contributed by atoms with van der Waals surface area (Å²) in [5.74, 6) is 0.0640. The molecule has 0 spiro atoms. The number of benzene rings is 2. The van der Waals surface area contributed by atoms with E-state index < -0.39 is 17.6 Å². The number of nitrogens with one attached hydrogen (secondary N) is 3. The highest BCUT2D eigenvalue weighted by Gasteiger charge is 2.17. The Bertz CT molecular complexity index is 962. The monoisotopic (exact) mass is 439 g/mol. The quantitative estimate of drug-likeness (QED) is 0.546. The topological polar surface area (TPSA) is 106 Å². The molecular formula is C24H29N3O5. The van der Waals surface area contributed by atoms with Crippen molar-refractivity contribution in [2.45, 2.75) is 32.9 Å². The van der Waals surface area contributed by atoms with Gasteiger partial charge in [-0.2, -0.15) is 0 Å². The molecule has 2 rings (SSSR count). The van der Waals surface area contributed by atoms with Crippen LogP contribution < -0.4 is 20.7 Å². The number of hydrogen-bond donors (Lipinski definition) is 3. The van der Waals surface area contributed by atoms with Crippen LogP contribution in [0.5, 0.6) is 5.75 Å². The van der Waals surface area contributed by atoms with Gasteiger partial charge in [-0.3, -0.25) is 9.59 Å². The first-order chi connectivity index (χ1) is 15.2. The first-order valence-electron chi connectivity index (χ1n) is 10.1. The van der Waals surface area contributed by atoms with Crippen molar-refractivity contribution in [3.05, 3.63) is 65.7 Å². The lowest BCUT2D eigenvalue weighted by Crippen LogP contribution is -2.37. The van der Waals surface area contributed by atoms with Crippen molar-refractivity contribution < 1.29 is 23.9 Å². The number of ether oxygens (including phenoxy) is 2. The number of alkyl carbamates (subject to hydrolysis) is 1. The van der Waals surface area contributed by atoms with E-state index in [1.807, 2.05) is 30.3 Å². The summed E-state index contributed by atoms with van der Waals surface area (Å²) >= 11 is 0. The Morgan fingerprint density at radius 1 is 0.969 bits per heavy atom. The van der Waals surface area contributed by atoms with Crippen LogP contribution >= 0.6 is 0 Å². The van der Waals surface area contributed by atoms with Crippen LogP contribution in [-0.4, -0.2) is 37.2 Å². The van der Waals surface area contributed by atoms with Crippen molar-refractivity contribution in [1.29, 1.82) is 0 Å². The molecule has 0 aliphatic carbocycles. The Morgan fingerprint density at radius 2 is 1.66 bits per heavy atom. The van der Waals surface area contributed by atoms with Gasteiger partial charge in [0.2, 0.25) is 11.8 Å². The average Bonchev–Trinajstić information content (AvgIpc) is 2.75. The van der Waals surface area contributed by atoms with Gasteiger partial charge in [-0.05, 0) is 56.2 Å². The van der Waals surface area contributed by atoms with Crippen molar-refractivity contribution in [1.82, 2.24) is 10.6 Å². The van der Waals surface area contributed by atoms with Crippen LogP contribution in [0.4, 0.5) is 10.5 Å². The second kappa shape index (κ2) is 11.5. The molecule has 0 saturated heterocycles. The molecule has 0 heterocycles. The zero-order chi connectivity index (χ0) is 23.6. The molecular weight excluding hydrogens is 410 g/mol. The van der Waals surface area contributed by atoms with Crippen LogP contribution in [-0.2, 0) is 20.9 Å². The normalized spacial score (nSPS) is 11.0. The Kier molecular flexibility index (Phi) is 8.83. The Hall–Kier alpha value is -3.81. The molecule has 0 unspecified atom stereocenters. The van der Waals surface area contributed by atoms with Gasteiger partial charge < -0.3 is 25.4 Å². The summed E-state index contributed by atoms with van der Waals surface area (Å²) in [5, 5.41) is 7.93. The van der Waals surface area contributed by atoms with Crippen LogP contribution in [0.3, 0.4) is 0 Å². The molecule has 8 heteroatoms. The molecule has 3 N–H and O–H groups in total. The molecule has 2 aromatic carbocycles. The molecule has 0 radical (unpaired) electrons. The Morgan fingerprint density at radius 3 is 2.31 bits per heavy atom. The molecule has 0 saturated carbocycles. The smallest absolute Gasteiger partial charge is 0.408 e. The lowest BCUT2D eigenvalue weighted by Gasteiger charge is -2.19. The number of methoxy groups -OCH3 is 1. The van der Waals surface area contributed by atoms with Gasteiger partial charge in [0, 0.05) is 18.3 Å². The van der Waals surface area contributed by atoms with Crippen molar-refractivity contribution in [2.24, 2.45) is 0 Å². The van der Waals surface area contributed by atoms with Crippen molar-refractivity contribution in [3.8, 4) is 5.75 Å². The Balaban J connectivity index is 1.86. The minimum Gasteiger partial charge on any atom is -0.497 e. The molecule has 2 aromatic rings. The third kappa shape index (κ3) is 8.91. The molecule has 3 amide bonds. The van der Waals surface area contributed by atoms with E-state index in [0.717, 1.165) is 16.9 Å². The standard InChI is InChI=1S/C24H29N3O5/c1-24(2,3)32-23(30)26-16-22(29)27-20-8-6-5-7-18(20)15-25-21(28)14-11-17-9-12-19(31-4)13-10-17/h5-14H,15-16H2,1-4H3,(H,25,28)(H,26,30)(H,27,29)/b14-11+. The maximum absolute atomic E-state index is 12.2. The summed E-state index contributed by atoms with van der Waals surface area (Å²) in [7, 11) is 1.59. The molecule has 0 aliphatic heterocycles. The van der Waals surface area contributed by atoms with Crippen LogP contribution in [0.25, 0.3) is 6.08 Å². The summed E-state index contributed by atoms with van der Waals surface area (Å²) in [6.45, 7) is 5.21. The first-order valence-corrected chi connectivity index (χ1v) is 10.1. The highest BCUT2D eigenvalue weighted by Crippen LogP contribution is 2.15. The van der Waals surface area contributed by atoms with E-state index >= 15 is 0 Å². The van der Waals surface area contributed by atoms with Gasteiger partial charge >= 0.3 is 6.09 Å². The summed E-state index contributed by atoms with van der Waals surface area (Å²) < 4.78 is 10.2. The predicted molar refractivity (Wildman–Crippen MR) is 123 cm³/mol. The first kappa shape index (κ1) is 24.5. The molecule has 0 bridgehead atoms. The molecule has 0 aliphatic rings. The second-order valence-corrected chi connectivity index (χ2v) is 7.89. The number of carbonyl (C=O) groups is 3. The summed E-state index contributed by atoms with van der Waals surface area (Å²) in [6, 6.07) is 14.4. The molecule has 8 nitrogen and oxygen atoms in total. The molecule has 0 atom stereocenters. The molecule has 0 aromatic heterocycles. The highest BCUT2D eigenvalue weighted by molar-refractivity contribution is 5.95. The number of para-hydroxylation sites is 1. The molecule has 32 heavy (non-hydrogen) atoms. The fourth-order valence-electron chi connectivity index (χ4n) is 2.59. The van der Waals surface area contributed by atoms with Crippen LogP contribution in [0.1, 0.15) is 31.9 Å². The molecule has 0 fully saturated rings. The zero-order valence-corrected chi connectivity index (χ0v) is 18.7. The van der Waals surface area contributed by atoms with E-state index in [0.29, 0.717) is 5.69 Å². The minimum atomic E-state index is -0.670. The summed E-state index contributed by atoms with van der Waals surface area (Å²) in [4.78, 5) is 36.0. The number of hydrogen-bond acceptors (Lipinski definition) is 5.